The minimum absolute atomic E-state index is 0.636. The standard InChI is InChI=1S/C13H16N2/c1-3-11(2)12-5-7-13(8-6-12)15-10-4-9-14-15/h4-11H,3H2,1-2H3. The largest absolute Gasteiger partial charge is 0.241 e. The third kappa shape index (κ3) is 2.09. The molecule has 1 unspecified atom stereocenters. The molecular weight excluding hydrogens is 184 g/mol. The second kappa shape index (κ2) is 4.30. The molecule has 0 radical (unpaired) electrons. The Labute approximate surface area is 90.6 Å². The van der Waals surface area contributed by atoms with Crippen LogP contribution in [0, 0.1) is 0 Å². The fourth-order valence-corrected chi connectivity index (χ4v) is 1.61. The normalized spacial score (nSPS) is 12.7. The van der Waals surface area contributed by atoms with Crippen LogP contribution in [0.15, 0.2) is 42.7 Å². The first kappa shape index (κ1) is 9.97. The van der Waals surface area contributed by atoms with Crippen LogP contribution < -0.4 is 0 Å². The molecule has 2 rings (SSSR count). The Morgan fingerprint density at radius 2 is 2.00 bits per heavy atom. The molecule has 0 saturated heterocycles. The number of hydrogen-bond donors (Lipinski definition) is 0. The third-order valence-electron chi connectivity index (χ3n) is 2.84. The summed E-state index contributed by atoms with van der Waals surface area (Å²) in [7, 11) is 0. The van der Waals surface area contributed by atoms with E-state index in [9.17, 15) is 0 Å². The minimum atomic E-state index is 0.636. The Bertz CT molecular complexity index is 401. The summed E-state index contributed by atoms with van der Waals surface area (Å²) in [6, 6.07) is 10.5. The summed E-state index contributed by atoms with van der Waals surface area (Å²) >= 11 is 0. The lowest BCUT2D eigenvalue weighted by molar-refractivity contribution is 0.732. The molecule has 2 aromatic rings. The van der Waals surface area contributed by atoms with Crippen molar-refractivity contribution < 1.29 is 0 Å². The van der Waals surface area contributed by atoms with Crippen molar-refractivity contribution in [2.45, 2.75) is 26.2 Å². The van der Waals surface area contributed by atoms with Crippen LogP contribution in [0.25, 0.3) is 5.69 Å². The van der Waals surface area contributed by atoms with Gasteiger partial charge in [-0.15, -0.1) is 0 Å². The predicted octanol–water partition coefficient (Wildman–Crippen LogP) is 3.39. The number of nitrogens with zero attached hydrogens (tertiary/aromatic N) is 2. The Hall–Kier alpha value is -1.57. The molecule has 2 nitrogen and oxygen atoms in total. The van der Waals surface area contributed by atoms with Crippen LogP contribution in [0.4, 0.5) is 0 Å². The van der Waals surface area contributed by atoms with Crippen molar-refractivity contribution in [3.63, 3.8) is 0 Å². The van der Waals surface area contributed by atoms with E-state index in [0.29, 0.717) is 5.92 Å². The predicted molar refractivity (Wildman–Crippen MR) is 62.3 cm³/mol. The van der Waals surface area contributed by atoms with Crippen molar-refractivity contribution in [1.82, 2.24) is 9.78 Å². The van der Waals surface area contributed by atoms with Gasteiger partial charge in [-0.25, -0.2) is 4.68 Å². The van der Waals surface area contributed by atoms with E-state index >= 15 is 0 Å². The molecular formula is C13H16N2. The molecule has 0 saturated carbocycles. The van der Waals surface area contributed by atoms with Gasteiger partial charge in [0.15, 0.2) is 0 Å². The number of hydrogen-bond acceptors (Lipinski definition) is 1. The monoisotopic (exact) mass is 200 g/mol. The average Bonchev–Trinajstić information content (AvgIpc) is 2.82. The van der Waals surface area contributed by atoms with E-state index in [1.54, 1.807) is 6.20 Å². The van der Waals surface area contributed by atoms with Crippen LogP contribution in [-0.2, 0) is 0 Å². The lowest BCUT2D eigenvalue weighted by atomic mass is 9.99. The van der Waals surface area contributed by atoms with Crippen molar-refractivity contribution in [2.24, 2.45) is 0 Å². The highest BCUT2D eigenvalue weighted by Crippen LogP contribution is 2.19. The zero-order valence-electron chi connectivity index (χ0n) is 9.22. The van der Waals surface area contributed by atoms with Crippen molar-refractivity contribution in [1.29, 1.82) is 0 Å². The highest BCUT2D eigenvalue weighted by molar-refractivity contribution is 5.34. The molecule has 0 aliphatic rings. The summed E-state index contributed by atoms with van der Waals surface area (Å²) in [5, 5.41) is 4.20. The second-order valence-corrected chi connectivity index (χ2v) is 3.85. The lowest BCUT2D eigenvalue weighted by Gasteiger charge is -2.09. The molecule has 15 heavy (non-hydrogen) atoms. The maximum absolute atomic E-state index is 4.20. The highest BCUT2D eigenvalue weighted by Gasteiger charge is 2.02. The van der Waals surface area contributed by atoms with Gasteiger partial charge in [0.05, 0.1) is 5.69 Å². The number of rotatable bonds is 3. The van der Waals surface area contributed by atoms with E-state index in [-0.39, 0.29) is 0 Å². The molecule has 1 aromatic heterocycles. The van der Waals surface area contributed by atoms with Crippen LogP contribution in [0.5, 0.6) is 0 Å². The first-order valence-corrected chi connectivity index (χ1v) is 5.41. The van der Waals surface area contributed by atoms with E-state index in [0.717, 1.165) is 5.69 Å². The summed E-state index contributed by atoms with van der Waals surface area (Å²) < 4.78 is 1.88. The summed E-state index contributed by atoms with van der Waals surface area (Å²) in [4.78, 5) is 0. The number of benzene rings is 1. The third-order valence-corrected chi connectivity index (χ3v) is 2.84. The molecule has 1 atom stereocenters. The van der Waals surface area contributed by atoms with Crippen LogP contribution in [0.3, 0.4) is 0 Å². The van der Waals surface area contributed by atoms with Crippen molar-refractivity contribution >= 4 is 0 Å². The quantitative estimate of drug-likeness (QED) is 0.742. The average molecular weight is 200 g/mol. The molecule has 0 amide bonds. The van der Waals surface area contributed by atoms with E-state index in [1.807, 2.05) is 16.9 Å². The fraction of sp³-hybridized carbons (Fsp3) is 0.308. The van der Waals surface area contributed by atoms with E-state index in [4.69, 9.17) is 0 Å². The Kier molecular flexibility index (Phi) is 2.86. The molecule has 0 bridgehead atoms. The van der Waals surface area contributed by atoms with Crippen LogP contribution >= 0.6 is 0 Å². The van der Waals surface area contributed by atoms with Crippen molar-refractivity contribution in [3.05, 3.63) is 48.3 Å². The van der Waals surface area contributed by atoms with Gasteiger partial charge in [-0.2, -0.15) is 5.10 Å². The molecule has 0 aliphatic carbocycles. The minimum Gasteiger partial charge on any atom is -0.241 e. The number of aromatic nitrogens is 2. The molecule has 0 N–H and O–H groups in total. The van der Waals surface area contributed by atoms with E-state index in [1.165, 1.54) is 12.0 Å². The Morgan fingerprint density at radius 1 is 1.27 bits per heavy atom. The van der Waals surface area contributed by atoms with Crippen molar-refractivity contribution in [3.8, 4) is 5.69 Å². The molecule has 0 aliphatic heterocycles. The molecule has 1 aromatic carbocycles. The van der Waals surface area contributed by atoms with Crippen LogP contribution in [0.1, 0.15) is 31.7 Å². The van der Waals surface area contributed by atoms with Gasteiger partial charge in [0, 0.05) is 12.4 Å². The smallest absolute Gasteiger partial charge is 0.0645 e. The molecule has 2 heteroatoms. The first-order chi connectivity index (χ1) is 7.31. The van der Waals surface area contributed by atoms with Gasteiger partial charge in [-0.3, -0.25) is 0 Å². The zero-order chi connectivity index (χ0) is 10.7. The highest BCUT2D eigenvalue weighted by atomic mass is 15.3. The SMILES string of the molecule is CCC(C)c1ccc(-n2cccn2)cc1. The van der Waals surface area contributed by atoms with Gasteiger partial charge in [0.25, 0.3) is 0 Å². The second-order valence-electron chi connectivity index (χ2n) is 3.85. The van der Waals surface area contributed by atoms with Gasteiger partial charge in [-0.05, 0) is 36.1 Å². The molecule has 1 heterocycles. The Balaban J connectivity index is 2.25. The van der Waals surface area contributed by atoms with Crippen LogP contribution in [-0.4, -0.2) is 9.78 Å². The fourth-order valence-electron chi connectivity index (χ4n) is 1.61. The van der Waals surface area contributed by atoms with Crippen molar-refractivity contribution in [2.75, 3.05) is 0 Å². The lowest BCUT2D eigenvalue weighted by Crippen LogP contribution is -1.96. The topological polar surface area (TPSA) is 17.8 Å². The maximum atomic E-state index is 4.20. The summed E-state index contributed by atoms with van der Waals surface area (Å²) in [5.74, 6) is 0.636. The van der Waals surface area contributed by atoms with Crippen LogP contribution in [0.2, 0.25) is 0 Å². The van der Waals surface area contributed by atoms with Gasteiger partial charge < -0.3 is 0 Å². The summed E-state index contributed by atoms with van der Waals surface area (Å²) in [5.41, 5.74) is 2.51. The molecule has 78 valence electrons. The molecule has 0 fully saturated rings. The van der Waals surface area contributed by atoms with Gasteiger partial charge in [-0.1, -0.05) is 26.0 Å². The summed E-state index contributed by atoms with van der Waals surface area (Å²) in [6.45, 7) is 4.47. The zero-order valence-corrected chi connectivity index (χ0v) is 9.22. The molecule has 0 spiro atoms. The first-order valence-electron chi connectivity index (χ1n) is 5.41. The van der Waals surface area contributed by atoms with Gasteiger partial charge in [0.2, 0.25) is 0 Å². The van der Waals surface area contributed by atoms with Gasteiger partial charge >= 0.3 is 0 Å². The maximum Gasteiger partial charge on any atom is 0.0645 e. The Morgan fingerprint density at radius 3 is 2.53 bits per heavy atom. The van der Waals surface area contributed by atoms with Gasteiger partial charge in [0.1, 0.15) is 0 Å². The summed E-state index contributed by atoms with van der Waals surface area (Å²) in [6.07, 6.45) is 4.93. The van der Waals surface area contributed by atoms with E-state index < -0.39 is 0 Å². The van der Waals surface area contributed by atoms with E-state index in [2.05, 4.69) is 43.2 Å².